The van der Waals surface area contributed by atoms with Crippen LogP contribution in [0.25, 0.3) is 16.5 Å². The highest BCUT2D eigenvalue weighted by atomic mass is 32.1. The van der Waals surface area contributed by atoms with Crippen LogP contribution in [0.15, 0.2) is 60.1 Å². The Hall–Kier alpha value is -4.88. The van der Waals surface area contributed by atoms with E-state index in [1.165, 1.54) is 0 Å². The fraction of sp³-hybridized carbons (Fsp3) is 0.476. The van der Waals surface area contributed by atoms with Crippen molar-refractivity contribution in [3.63, 3.8) is 0 Å². The summed E-state index contributed by atoms with van der Waals surface area (Å²) in [6, 6.07) is 14.3. The highest BCUT2D eigenvalue weighted by molar-refractivity contribution is 7.13. The lowest BCUT2D eigenvalue weighted by atomic mass is 9.85. The molecule has 0 saturated carbocycles. The summed E-state index contributed by atoms with van der Waals surface area (Å²) in [7, 11) is 0. The van der Waals surface area contributed by atoms with Gasteiger partial charge in [-0.05, 0) is 73.6 Å². The Morgan fingerprint density at radius 3 is 2.40 bits per heavy atom. The molecule has 12 nitrogen and oxygen atoms in total. The molecule has 2 aromatic carbocycles. The molecular weight excluding hydrogens is 717 g/mol. The van der Waals surface area contributed by atoms with Crippen molar-refractivity contribution in [1.82, 2.24) is 25.8 Å². The molecule has 13 heteroatoms. The minimum atomic E-state index is -0.764. The fourth-order valence-electron chi connectivity index (χ4n) is 6.52. The van der Waals surface area contributed by atoms with Crippen molar-refractivity contribution in [2.45, 2.75) is 117 Å². The Balaban J connectivity index is 1.21. The van der Waals surface area contributed by atoms with Gasteiger partial charge in [0.1, 0.15) is 12.1 Å². The number of amides is 5. The molecule has 296 valence electrons. The second kappa shape index (κ2) is 20.7. The number of aromatic nitrogens is 1. The third-order valence-electron chi connectivity index (χ3n) is 9.81. The van der Waals surface area contributed by atoms with E-state index in [2.05, 4.69) is 20.9 Å². The standard InChI is InChI=1S/C42H56N6O6S/c1-28-38(55-27-46-28)33-19-17-31(18-20-33)24-44-40(52)35-11-9-23-48(35)41(53)39(42(3,4)5)47-37(51)12-8-6-7-10-30-13-15-32(16-14-30)25-54-29(2)34(45-26-49)21-22-36(43)50/h7,10,13-20,26-27,29,34-35,39H,6,8-9,11-12,21-25H2,1-5H3,(H2,43,50)(H,44,52)(H,45,49)(H,47,51)/b10-7+/t29-,34+,35+,39-/m1/s1. The molecule has 2 heterocycles. The number of ether oxygens (including phenoxy) is 1. The van der Waals surface area contributed by atoms with E-state index in [1.54, 1.807) is 16.2 Å². The molecule has 0 unspecified atom stereocenters. The van der Waals surface area contributed by atoms with Crippen molar-refractivity contribution in [2.24, 2.45) is 11.1 Å². The molecule has 55 heavy (non-hydrogen) atoms. The van der Waals surface area contributed by atoms with Crippen LogP contribution >= 0.6 is 11.3 Å². The largest absolute Gasteiger partial charge is 0.372 e. The Morgan fingerprint density at radius 2 is 1.76 bits per heavy atom. The van der Waals surface area contributed by atoms with Crippen molar-refractivity contribution in [3.8, 4) is 10.4 Å². The molecule has 5 amide bonds. The molecule has 4 atom stereocenters. The molecule has 0 spiro atoms. The van der Waals surface area contributed by atoms with Gasteiger partial charge in [0, 0.05) is 25.9 Å². The first-order valence-corrected chi connectivity index (χ1v) is 19.9. The van der Waals surface area contributed by atoms with Crippen LogP contribution < -0.4 is 21.7 Å². The quantitative estimate of drug-likeness (QED) is 0.0877. The van der Waals surface area contributed by atoms with Crippen LogP contribution in [0.5, 0.6) is 0 Å². The van der Waals surface area contributed by atoms with E-state index in [4.69, 9.17) is 10.5 Å². The van der Waals surface area contributed by atoms with Crippen LogP contribution in [0.4, 0.5) is 0 Å². The number of benzene rings is 2. The number of nitrogens with zero attached hydrogens (tertiary/aromatic N) is 2. The van der Waals surface area contributed by atoms with Crippen LogP contribution in [0, 0.1) is 12.3 Å². The maximum Gasteiger partial charge on any atom is 0.246 e. The molecule has 1 aliphatic rings. The number of carbonyl (C=O) groups excluding carboxylic acids is 5. The molecule has 0 bridgehead atoms. The average molecular weight is 773 g/mol. The Morgan fingerprint density at radius 1 is 1.05 bits per heavy atom. The number of nitrogens with two attached hydrogens (primary N) is 1. The SMILES string of the molecule is Cc1ncsc1-c1ccc(CNC(=O)[C@@H]2CCCN2C(=O)[C@@H](NC(=O)CCC/C=C/c2ccc(CO[C@H](C)[C@H](CCC(N)=O)NC=O)cc2)C(C)(C)C)cc1. The van der Waals surface area contributed by atoms with Gasteiger partial charge < -0.3 is 31.3 Å². The zero-order valence-corrected chi connectivity index (χ0v) is 33.5. The lowest BCUT2D eigenvalue weighted by Crippen LogP contribution is -2.57. The number of thiazole rings is 1. The summed E-state index contributed by atoms with van der Waals surface area (Å²) in [5.74, 6) is -1.04. The number of allylic oxidation sites excluding steroid dienone is 1. The Kier molecular flexibility index (Phi) is 16.1. The first-order valence-electron chi connectivity index (χ1n) is 19.0. The predicted octanol–water partition coefficient (Wildman–Crippen LogP) is 5.43. The second-order valence-corrected chi connectivity index (χ2v) is 16.0. The maximum atomic E-state index is 13.9. The summed E-state index contributed by atoms with van der Waals surface area (Å²) in [6.45, 7) is 10.8. The highest BCUT2D eigenvalue weighted by Gasteiger charge is 2.41. The monoisotopic (exact) mass is 772 g/mol. The summed E-state index contributed by atoms with van der Waals surface area (Å²) >= 11 is 1.60. The van der Waals surface area contributed by atoms with E-state index in [9.17, 15) is 24.0 Å². The number of hydrogen-bond acceptors (Lipinski definition) is 8. The number of likely N-dealkylation sites (tertiary alicyclic amines) is 1. The van der Waals surface area contributed by atoms with Crippen molar-refractivity contribution < 1.29 is 28.7 Å². The third kappa shape index (κ3) is 13.1. The van der Waals surface area contributed by atoms with Crippen LogP contribution in [0.2, 0.25) is 0 Å². The van der Waals surface area contributed by atoms with Crippen molar-refractivity contribution in [2.75, 3.05) is 6.54 Å². The van der Waals surface area contributed by atoms with Crippen LogP contribution in [0.1, 0.15) is 95.0 Å². The van der Waals surface area contributed by atoms with Crippen molar-refractivity contribution in [1.29, 1.82) is 0 Å². The van der Waals surface area contributed by atoms with Crippen LogP contribution in [-0.4, -0.2) is 70.7 Å². The second-order valence-electron chi connectivity index (χ2n) is 15.2. The van der Waals surface area contributed by atoms with Gasteiger partial charge in [-0.1, -0.05) is 81.5 Å². The van der Waals surface area contributed by atoms with Gasteiger partial charge in [0.05, 0.1) is 34.8 Å². The number of hydrogen-bond donors (Lipinski definition) is 4. The molecular formula is C42H56N6O6S. The summed E-state index contributed by atoms with van der Waals surface area (Å²) in [4.78, 5) is 69.5. The van der Waals surface area contributed by atoms with Gasteiger partial charge in [0.25, 0.3) is 0 Å². The van der Waals surface area contributed by atoms with Crippen molar-refractivity contribution >= 4 is 47.5 Å². The lowest BCUT2D eigenvalue weighted by molar-refractivity contribution is -0.143. The summed E-state index contributed by atoms with van der Waals surface area (Å²) in [5.41, 5.74) is 11.5. The van der Waals surface area contributed by atoms with Gasteiger partial charge in [0.2, 0.25) is 30.0 Å². The third-order valence-corrected chi connectivity index (χ3v) is 10.8. The average Bonchev–Trinajstić information content (AvgIpc) is 3.83. The van der Waals surface area contributed by atoms with Crippen LogP contribution in [-0.2, 0) is 41.9 Å². The molecule has 1 aromatic heterocycles. The number of nitrogens with one attached hydrogen (secondary N) is 3. The van der Waals surface area contributed by atoms with E-state index in [0.717, 1.165) is 39.2 Å². The first kappa shape index (κ1) is 42.9. The zero-order valence-electron chi connectivity index (χ0n) is 32.6. The summed E-state index contributed by atoms with van der Waals surface area (Å²) < 4.78 is 5.93. The maximum absolute atomic E-state index is 13.9. The number of primary amides is 1. The van der Waals surface area contributed by atoms with Gasteiger partial charge in [-0.3, -0.25) is 24.0 Å². The first-order chi connectivity index (χ1) is 26.3. The van der Waals surface area contributed by atoms with E-state index in [-0.39, 0.29) is 42.7 Å². The van der Waals surface area contributed by atoms with Gasteiger partial charge in [-0.2, -0.15) is 0 Å². The highest BCUT2D eigenvalue weighted by Crippen LogP contribution is 2.28. The lowest BCUT2D eigenvalue weighted by Gasteiger charge is -2.35. The number of carbonyl (C=O) groups is 5. The van der Waals surface area contributed by atoms with Gasteiger partial charge in [-0.25, -0.2) is 4.98 Å². The fourth-order valence-corrected chi connectivity index (χ4v) is 7.33. The molecule has 1 aliphatic heterocycles. The minimum absolute atomic E-state index is 0.162. The molecule has 1 fully saturated rings. The van der Waals surface area contributed by atoms with Gasteiger partial charge in [-0.15, -0.1) is 11.3 Å². The number of aryl methyl sites for hydroxylation is 1. The summed E-state index contributed by atoms with van der Waals surface area (Å²) in [5, 5.41) is 8.71. The topological polar surface area (TPSA) is 173 Å². The normalized spacial score (nSPS) is 16.0. The molecule has 0 radical (unpaired) electrons. The van der Waals surface area contributed by atoms with Gasteiger partial charge in [0.15, 0.2) is 0 Å². The summed E-state index contributed by atoms with van der Waals surface area (Å²) in [6.07, 6.45) is 7.75. The van der Waals surface area contributed by atoms with Gasteiger partial charge >= 0.3 is 0 Å². The molecule has 0 aliphatic carbocycles. The zero-order chi connectivity index (χ0) is 40.0. The van der Waals surface area contributed by atoms with E-state index in [1.807, 2.05) is 101 Å². The molecule has 4 rings (SSSR count). The number of rotatable bonds is 20. The number of unbranched alkanes of at least 4 members (excludes halogenated alkanes) is 1. The van der Waals surface area contributed by atoms with Crippen LogP contribution in [0.3, 0.4) is 0 Å². The smallest absolute Gasteiger partial charge is 0.246 e. The van der Waals surface area contributed by atoms with E-state index in [0.29, 0.717) is 51.8 Å². The van der Waals surface area contributed by atoms with Crippen molar-refractivity contribution in [3.05, 3.63) is 82.5 Å². The molecule has 5 N–H and O–H groups in total. The Labute approximate surface area is 328 Å². The molecule has 1 saturated heterocycles. The molecule has 3 aromatic rings. The Bertz CT molecular complexity index is 1770. The predicted molar refractivity (Wildman–Crippen MR) is 215 cm³/mol. The van der Waals surface area contributed by atoms with E-state index < -0.39 is 23.4 Å². The minimum Gasteiger partial charge on any atom is -0.372 e. The van der Waals surface area contributed by atoms with E-state index >= 15 is 0 Å².